The van der Waals surface area contributed by atoms with Gasteiger partial charge in [-0.3, -0.25) is 0 Å². The van der Waals surface area contributed by atoms with Crippen molar-refractivity contribution in [1.29, 1.82) is 0 Å². The summed E-state index contributed by atoms with van der Waals surface area (Å²) in [6.45, 7) is -1.43. The molecule has 124 valence electrons. The number of halogens is 3. The molecule has 0 unspecified atom stereocenters. The Kier molecular flexibility index (Phi) is 16.5. The van der Waals surface area contributed by atoms with Crippen molar-refractivity contribution in [3.05, 3.63) is 0 Å². The molecule has 0 saturated heterocycles. The zero-order valence-electron chi connectivity index (χ0n) is 13.1. The first-order valence-electron chi connectivity index (χ1n) is 7.05. The maximum absolute atomic E-state index is 9.67. The molecule has 0 bridgehead atoms. The molecule has 0 aliphatic carbocycles. The van der Waals surface area contributed by atoms with E-state index in [0.717, 1.165) is 12.8 Å². The lowest BCUT2D eigenvalue weighted by Crippen LogP contribution is -2.35. The number of rotatable bonds is 11. The highest BCUT2D eigenvalue weighted by atomic mass is 19.4. The van der Waals surface area contributed by atoms with Crippen molar-refractivity contribution in [3.8, 4) is 0 Å². The zero-order valence-corrected chi connectivity index (χ0v) is 13.1. The summed E-state index contributed by atoms with van der Waals surface area (Å²) in [5, 5.41) is 0. The number of unbranched alkanes of at least 4 members (excludes halogenated alkanes) is 6. The number of hydrogen-bond donors (Lipinski definition) is 0. The predicted molar refractivity (Wildman–Crippen MR) is 73.5 cm³/mol. The van der Waals surface area contributed by atoms with Gasteiger partial charge in [0.25, 0.3) is 5.97 Å². The molecule has 0 heterocycles. The van der Waals surface area contributed by atoms with Crippen molar-refractivity contribution < 1.29 is 27.4 Å². The van der Waals surface area contributed by atoms with Crippen LogP contribution in [0, 0.1) is 0 Å². The summed E-state index contributed by atoms with van der Waals surface area (Å²) >= 11 is 0. The normalized spacial score (nSPS) is 11.4. The van der Waals surface area contributed by atoms with Crippen molar-refractivity contribution >= 4 is 0 Å². The Balaban J connectivity index is 0. The molecule has 0 rings (SSSR count). The van der Waals surface area contributed by atoms with Crippen LogP contribution in [0.4, 0.5) is 13.2 Å². The first kappa shape index (κ1) is 22.0. The summed E-state index contributed by atoms with van der Waals surface area (Å²) in [5.41, 5.74) is 0. The zero-order chi connectivity index (χ0) is 15.9. The average molecular weight is 302 g/mol. The third-order valence-corrected chi connectivity index (χ3v) is 3.02. The van der Waals surface area contributed by atoms with Crippen LogP contribution >= 0.6 is 0 Å². The topological polar surface area (TPSA) is 27.7 Å². The summed E-state index contributed by atoms with van der Waals surface area (Å²) in [7, 11) is 4.86. The van der Waals surface area contributed by atoms with Crippen LogP contribution in [0.15, 0.2) is 0 Å². The average Bonchev–Trinajstić information content (AvgIpc) is 2.42. The lowest BCUT2D eigenvalue weighted by molar-refractivity contribution is -0.355. The molecule has 0 aromatic carbocycles. The van der Waals surface area contributed by atoms with Crippen molar-refractivity contribution in [2.75, 3.05) is 21.3 Å². The third kappa shape index (κ3) is 14.1. The molecule has 0 saturated carbocycles. The van der Waals surface area contributed by atoms with Gasteiger partial charge < -0.3 is 14.2 Å². The molecule has 0 N–H and O–H groups in total. The summed E-state index contributed by atoms with van der Waals surface area (Å²) in [6.07, 6.45) is 9.77. The maximum Gasteiger partial charge on any atom is 0.379 e. The van der Waals surface area contributed by atoms with E-state index in [1.807, 2.05) is 0 Å². The number of alkyl halides is 3. The standard InChI is InChI=1S/C13H28O3.CHF3/c1-5-6-7-8-9-10-11-12-13(14-2,15-3)16-4;2-1(3)4/h5-12H2,1-4H3;1H. The van der Waals surface area contributed by atoms with Crippen molar-refractivity contribution in [2.45, 2.75) is 70.9 Å². The van der Waals surface area contributed by atoms with Crippen LogP contribution in [0.2, 0.25) is 0 Å². The van der Waals surface area contributed by atoms with Crippen LogP contribution in [0.1, 0.15) is 58.3 Å². The van der Waals surface area contributed by atoms with Crippen LogP contribution in [-0.2, 0) is 14.2 Å². The van der Waals surface area contributed by atoms with E-state index < -0.39 is 12.7 Å². The second-order valence-corrected chi connectivity index (χ2v) is 4.41. The summed E-state index contributed by atoms with van der Waals surface area (Å²) in [5.74, 6) is -0.830. The van der Waals surface area contributed by atoms with Gasteiger partial charge in [-0.1, -0.05) is 45.4 Å². The highest BCUT2D eigenvalue weighted by Crippen LogP contribution is 2.21. The van der Waals surface area contributed by atoms with E-state index in [9.17, 15) is 13.2 Å². The molecule has 0 atom stereocenters. The number of methoxy groups -OCH3 is 3. The van der Waals surface area contributed by atoms with Gasteiger partial charge in [0, 0.05) is 27.8 Å². The molecule has 0 radical (unpaired) electrons. The molecule has 0 spiro atoms. The molecule has 20 heavy (non-hydrogen) atoms. The smallest absolute Gasteiger partial charge is 0.331 e. The first-order chi connectivity index (χ1) is 9.47. The van der Waals surface area contributed by atoms with E-state index in [-0.39, 0.29) is 0 Å². The molecule has 0 aromatic heterocycles. The maximum atomic E-state index is 9.67. The summed E-state index contributed by atoms with van der Waals surface area (Å²) < 4.78 is 44.7. The van der Waals surface area contributed by atoms with Crippen molar-refractivity contribution in [1.82, 2.24) is 0 Å². The minimum absolute atomic E-state index is 0.796. The molecule has 6 heteroatoms. The van der Waals surface area contributed by atoms with Gasteiger partial charge in [-0.2, -0.15) is 13.2 Å². The quantitative estimate of drug-likeness (QED) is 0.401. The Morgan fingerprint density at radius 3 is 1.45 bits per heavy atom. The van der Waals surface area contributed by atoms with Gasteiger partial charge in [-0.15, -0.1) is 0 Å². The van der Waals surface area contributed by atoms with Crippen LogP contribution in [-0.4, -0.2) is 34.0 Å². The monoisotopic (exact) mass is 302 g/mol. The number of ether oxygens (including phenoxy) is 3. The fourth-order valence-electron chi connectivity index (χ4n) is 1.85. The van der Waals surface area contributed by atoms with Gasteiger partial charge in [0.1, 0.15) is 0 Å². The third-order valence-electron chi connectivity index (χ3n) is 3.02. The van der Waals surface area contributed by atoms with Crippen molar-refractivity contribution in [3.63, 3.8) is 0 Å². The lowest BCUT2D eigenvalue weighted by atomic mass is 10.1. The van der Waals surface area contributed by atoms with E-state index in [1.54, 1.807) is 21.3 Å². The molecule has 0 fully saturated rings. The highest BCUT2D eigenvalue weighted by molar-refractivity contribution is 4.56. The Morgan fingerprint density at radius 1 is 0.750 bits per heavy atom. The van der Waals surface area contributed by atoms with E-state index in [0.29, 0.717) is 0 Å². The minimum Gasteiger partial charge on any atom is -0.331 e. The Hall–Kier alpha value is -0.330. The van der Waals surface area contributed by atoms with E-state index in [1.165, 1.54) is 38.5 Å². The molecule has 0 aliphatic rings. The molecular weight excluding hydrogens is 273 g/mol. The van der Waals surface area contributed by atoms with Gasteiger partial charge in [0.2, 0.25) is 0 Å². The largest absolute Gasteiger partial charge is 0.379 e. The second kappa shape index (κ2) is 15.1. The van der Waals surface area contributed by atoms with E-state index >= 15 is 0 Å². The minimum atomic E-state index is -3.67. The Labute approximate surface area is 120 Å². The van der Waals surface area contributed by atoms with Gasteiger partial charge in [0.05, 0.1) is 0 Å². The van der Waals surface area contributed by atoms with Gasteiger partial charge in [0.15, 0.2) is 0 Å². The van der Waals surface area contributed by atoms with Crippen LogP contribution in [0.3, 0.4) is 0 Å². The second-order valence-electron chi connectivity index (χ2n) is 4.41. The fourth-order valence-corrected chi connectivity index (χ4v) is 1.85. The number of hydrogen-bond acceptors (Lipinski definition) is 3. The first-order valence-corrected chi connectivity index (χ1v) is 7.05. The SMILES string of the molecule is CCCCCCCCCC(OC)(OC)OC.FC(F)F. The Morgan fingerprint density at radius 2 is 1.10 bits per heavy atom. The van der Waals surface area contributed by atoms with Gasteiger partial charge in [-0.05, 0) is 6.42 Å². The van der Waals surface area contributed by atoms with Gasteiger partial charge in [-0.25, -0.2) is 0 Å². The van der Waals surface area contributed by atoms with Crippen LogP contribution < -0.4 is 0 Å². The molecule has 3 nitrogen and oxygen atoms in total. The van der Waals surface area contributed by atoms with E-state index in [2.05, 4.69) is 6.92 Å². The predicted octanol–water partition coefficient (Wildman–Crippen LogP) is 4.90. The fraction of sp³-hybridized carbons (Fsp3) is 1.00. The van der Waals surface area contributed by atoms with Crippen molar-refractivity contribution in [2.24, 2.45) is 0 Å². The summed E-state index contributed by atoms with van der Waals surface area (Å²) in [4.78, 5) is 0. The summed E-state index contributed by atoms with van der Waals surface area (Å²) in [6, 6.07) is 0. The van der Waals surface area contributed by atoms with Crippen LogP contribution in [0.25, 0.3) is 0 Å². The lowest BCUT2D eigenvalue weighted by Gasteiger charge is -2.28. The van der Waals surface area contributed by atoms with Gasteiger partial charge >= 0.3 is 6.68 Å². The van der Waals surface area contributed by atoms with E-state index in [4.69, 9.17) is 14.2 Å². The molecular formula is C14H29F3O3. The molecule has 0 aromatic rings. The van der Waals surface area contributed by atoms with Crippen LogP contribution in [0.5, 0.6) is 0 Å². The molecule has 0 amide bonds. The molecule has 0 aliphatic heterocycles. The Bertz CT molecular complexity index is 177. The highest BCUT2D eigenvalue weighted by Gasteiger charge is 2.28.